The van der Waals surface area contributed by atoms with E-state index in [1.54, 1.807) is 25.1 Å². The van der Waals surface area contributed by atoms with Crippen molar-refractivity contribution in [3.63, 3.8) is 0 Å². The van der Waals surface area contributed by atoms with Crippen LogP contribution in [0.3, 0.4) is 0 Å². The van der Waals surface area contributed by atoms with Gasteiger partial charge in [0.25, 0.3) is 0 Å². The number of carbonyl (C=O) groups excluding carboxylic acids is 5. The minimum absolute atomic E-state index is 0.0381. The van der Waals surface area contributed by atoms with E-state index >= 15 is 0 Å². The number of rotatable bonds is 2. The first-order valence-corrected chi connectivity index (χ1v) is 13.7. The molecule has 3 N–H and O–H groups in total. The van der Waals surface area contributed by atoms with Crippen molar-refractivity contribution in [3.05, 3.63) is 68.9 Å². The van der Waals surface area contributed by atoms with Gasteiger partial charge in [0.05, 0.1) is 33.9 Å². The number of phenolic OH excluding ortho intramolecular Hbond substituents is 1. The number of hydrogen-bond acceptors (Lipinski definition) is 6. The Balaban J connectivity index is 1.55. The quantitative estimate of drug-likeness (QED) is 0.376. The molecule has 1 saturated carbocycles. The zero-order valence-electron chi connectivity index (χ0n) is 20.9. The summed E-state index contributed by atoms with van der Waals surface area (Å²) in [7, 11) is 0. The molecule has 2 saturated heterocycles. The van der Waals surface area contributed by atoms with E-state index in [0.717, 1.165) is 11.0 Å². The highest BCUT2D eigenvalue weighted by atomic mass is 79.9. The highest BCUT2D eigenvalue weighted by molar-refractivity contribution is 9.10. The molecule has 40 heavy (non-hydrogen) atoms. The minimum Gasteiger partial charge on any atom is -0.508 e. The summed E-state index contributed by atoms with van der Waals surface area (Å²) in [6.45, 7) is 1.65. The van der Waals surface area contributed by atoms with Crippen molar-refractivity contribution in [3.8, 4) is 5.75 Å². The lowest BCUT2D eigenvalue weighted by Gasteiger charge is -2.49. The van der Waals surface area contributed by atoms with Gasteiger partial charge in [0, 0.05) is 16.0 Å². The zero-order valence-corrected chi connectivity index (χ0v) is 23.3. The molecule has 6 amide bonds. The van der Waals surface area contributed by atoms with Crippen LogP contribution in [0.15, 0.2) is 52.5 Å². The Labute approximate surface area is 240 Å². The summed E-state index contributed by atoms with van der Waals surface area (Å²) in [5.41, 5.74) is 5.02. The Kier molecular flexibility index (Phi) is 5.97. The molecule has 0 aromatic heterocycles. The van der Waals surface area contributed by atoms with E-state index in [1.807, 2.05) is 0 Å². The second-order valence-electron chi connectivity index (χ2n) is 10.8. The van der Waals surface area contributed by atoms with Gasteiger partial charge in [-0.3, -0.25) is 19.2 Å². The van der Waals surface area contributed by atoms with Gasteiger partial charge in [-0.2, -0.15) is 4.90 Å². The summed E-state index contributed by atoms with van der Waals surface area (Å²) >= 11 is 9.40. The van der Waals surface area contributed by atoms with Crippen molar-refractivity contribution in [2.45, 2.75) is 25.7 Å². The third-order valence-corrected chi connectivity index (χ3v) is 9.74. The number of primary amides is 1. The molecule has 4 aliphatic rings. The molecule has 2 aromatic rings. The molecule has 2 aliphatic carbocycles. The fourth-order valence-corrected chi connectivity index (χ4v) is 7.76. The molecular weight excluding hydrogens is 609 g/mol. The van der Waals surface area contributed by atoms with Gasteiger partial charge in [-0.25, -0.2) is 14.1 Å². The molecular formula is C28H22BrClFN3O6. The number of phenols is 1. The number of halogens is 3. The fraction of sp³-hybridized carbons (Fsp3) is 0.321. The second kappa shape index (κ2) is 8.97. The monoisotopic (exact) mass is 629 g/mol. The van der Waals surface area contributed by atoms with Crippen molar-refractivity contribution >= 4 is 62.9 Å². The minimum atomic E-state index is -1.42. The standard InChI is InChI=1S/C28H22BrClFN3O6/c1-28-17(24(37)33(26(28)39)12-3-6-19(31)18(30)9-12)10-15-13(22(28)16-8-11(29)2-7-20(16)35)4-5-14-21(15)25(38)34(23(14)36)27(32)40/h2-4,6-9,14-15,17,21-22,35H,5,10H2,1H3,(H2,32,40). The first-order chi connectivity index (χ1) is 18.9. The smallest absolute Gasteiger partial charge is 0.328 e. The normalized spacial score (nSPS) is 31.2. The fourth-order valence-electron chi connectivity index (χ4n) is 7.20. The van der Waals surface area contributed by atoms with E-state index in [0.29, 0.717) is 20.5 Å². The van der Waals surface area contributed by atoms with Crippen LogP contribution in [-0.2, 0) is 19.2 Å². The molecule has 2 aliphatic heterocycles. The molecule has 2 heterocycles. The summed E-state index contributed by atoms with van der Waals surface area (Å²) < 4.78 is 14.6. The van der Waals surface area contributed by atoms with E-state index in [-0.39, 0.29) is 29.3 Å². The number of benzene rings is 2. The Morgan fingerprint density at radius 2 is 1.82 bits per heavy atom. The van der Waals surface area contributed by atoms with Crippen LogP contribution in [0.25, 0.3) is 0 Å². The topological polar surface area (TPSA) is 138 Å². The van der Waals surface area contributed by atoms with E-state index in [2.05, 4.69) is 15.9 Å². The first kappa shape index (κ1) is 26.6. The number of nitrogens with zero attached hydrogens (tertiary/aromatic N) is 2. The average Bonchev–Trinajstić information content (AvgIpc) is 3.27. The number of carbonyl (C=O) groups is 5. The molecule has 12 heteroatoms. The number of fused-ring (bicyclic) bond motifs is 4. The van der Waals surface area contributed by atoms with Gasteiger partial charge in [0.1, 0.15) is 11.6 Å². The van der Waals surface area contributed by atoms with Crippen LogP contribution in [0.2, 0.25) is 5.02 Å². The van der Waals surface area contributed by atoms with Crippen molar-refractivity contribution in [2.75, 3.05) is 4.90 Å². The average molecular weight is 631 g/mol. The van der Waals surface area contributed by atoms with Crippen LogP contribution >= 0.6 is 27.5 Å². The maximum absolute atomic E-state index is 14.3. The SMILES string of the molecule is CC12C(=O)N(c3ccc(F)c(Cl)c3)C(=O)C1CC1C(=CCC3C(=O)N(C(N)=O)C(=O)C31)C2c1cc(Br)ccc1O. The summed E-state index contributed by atoms with van der Waals surface area (Å²) in [6, 6.07) is 7.13. The summed E-state index contributed by atoms with van der Waals surface area (Å²) in [5, 5.41) is 10.7. The van der Waals surface area contributed by atoms with Gasteiger partial charge >= 0.3 is 6.03 Å². The van der Waals surface area contributed by atoms with E-state index in [4.69, 9.17) is 17.3 Å². The van der Waals surface area contributed by atoms with Crippen LogP contribution in [0.5, 0.6) is 5.75 Å². The van der Waals surface area contributed by atoms with Gasteiger partial charge in [0.2, 0.25) is 23.6 Å². The van der Waals surface area contributed by atoms with Crippen LogP contribution < -0.4 is 10.6 Å². The van der Waals surface area contributed by atoms with Crippen LogP contribution in [0, 0.1) is 34.9 Å². The molecule has 0 spiro atoms. The van der Waals surface area contributed by atoms with E-state index in [9.17, 15) is 33.5 Å². The summed E-state index contributed by atoms with van der Waals surface area (Å²) in [4.78, 5) is 68.1. The molecule has 0 bridgehead atoms. The third-order valence-electron chi connectivity index (χ3n) is 8.96. The van der Waals surface area contributed by atoms with Gasteiger partial charge in [-0.05, 0) is 62.1 Å². The molecule has 3 fully saturated rings. The molecule has 9 nitrogen and oxygen atoms in total. The Morgan fingerprint density at radius 3 is 2.50 bits per heavy atom. The van der Waals surface area contributed by atoms with E-state index < -0.39 is 70.5 Å². The Hall–Kier alpha value is -3.57. The van der Waals surface area contributed by atoms with Crippen molar-refractivity contribution < 1.29 is 33.5 Å². The number of likely N-dealkylation sites (tertiary alicyclic amines) is 1. The molecule has 2 aromatic carbocycles. The maximum Gasteiger partial charge on any atom is 0.328 e. The summed E-state index contributed by atoms with van der Waals surface area (Å²) in [5.74, 6) is -7.72. The van der Waals surface area contributed by atoms with Crippen molar-refractivity contribution in [1.29, 1.82) is 0 Å². The first-order valence-electron chi connectivity index (χ1n) is 12.6. The highest BCUT2D eigenvalue weighted by Gasteiger charge is 2.68. The highest BCUT2D eigenvalue weighted by Crippen LogP contribution is 2.64. The van der Waals surface area contributed by atoms with Gasteiger partial charge in [-0.15, -0.1) is 0 Å². The Morgan fingerprint density at radius 1 is 1.10 bits per heavy atom. The number of amides is 6. The van der Waals surface area contributed by atoms with Crippen LogP contribution in [0.1, 0.15) is 31.2 Å². The number of aromatic hydroxyl groups is 1. The van der Waals surface area contributed by atoms with Crippen molar-refractivity contribution in [1.82, 2.24) is 4.90 Å². The van der Waals surface area contributed by atoms with Crippen LogP contribution in [0.4, 0.5) is 14.9 Å². The number of allylic oxidation sites excluding steroid dienone is 2. The number of anilines is 1. The lowest BCUT2D eigenvalue weighted by Crippen LogP contribution is -2.49. The molecule has 206 valence electrons. The predicted molar refractivity (Wildman–Crippen MR) is 143 cm³/mol. The predicted octanol–water partition coefficient (Wildman–Crippen LogP) is 4.26. The van der Waals surface area contributed by atoms with Crippen molar-refractivity contribution in [2.24, 2.45) is 34.8 Å². The lowest BCUT2D eigenvalue weighted by molar-refractivity contribution is -0.136. The number of urea groups is 1. The number of hydrogen-bond donors (Lipinski definition) is 2. The molecule has 6 unspecified atom stereocenters. The molecule has 0 radical (unpaired) electrons. The largest absolute Gasteiger partial charge is 0.508 e. The number of nitrogens with two attached hydrogens (primary N) is 1. The lowest BCUT2D eigenvalue weighted by atomic mass is 9.51. The van der Waals surface area contributed by atoms with Gasteiger partial charge < -0.3 is 10.8 Å². The zero-order chi connectivity index (χ0) is 28.8. The van der Waals surface area contributed by atoms with Crippen LogP contribution in [-0.4, -0.2) is 39.7 Å². The Bertz CT molecular complexity index is 1600. The third kappa shape index (κ3) is 3.46. The van der Waals surface area contributed by atoms with E-state index in [1.165, 1.54) is 18.2 Å². The summed E-state index contributed by atoms with van der Waals surface area (Å²) in [6.07, 6.45) is 1.94. The second-order valence-corrected chi connectivity index (χ2v) is 12.1. The molecule has 6 atom stereocenters. The molecule has 6 rings (SSSR count). The number of imide groups is 4. The maximum atomic E-state index is 14.3. The van der Waals surface area contributed by atoms with Gasteiger partial charge in [0.15, 0.2) is 0 Å². The van der Waals surface area contributed by atoms with Gasteiger partial charge in [-0.1, -0.05) is 39.2 Å².